The highest BCUT2D eigenvalue weighted by molar-refractivity contribution is 5.83. The summed E-state index contributed by atoms with van der Waals surface area (Å²) in [6.07, 6.45) is 3.64. The van der Waals surface area contributed by atoms with E-state index >= 15 is 0 Å². The number of carboxylic acids is 1. The molecule has 18 heavy (non-hydrogen) atoms. The fraction of sp³-hybridized carbons (Fsp3) is 0.833. The quantitative estimate of drug-likeness (QED) is 0.672. The van der Waals surface area contributed by atoms with E-state index in [1.165, 1.54) is 0 Å². The number of rotatable bonds is 4. The van der Waals surface area contributed by atoms with Crippen LogP contribution >= 0.6 is 0 Å². The van der Waals surface area contributed by atoms with Crippen LogP contribution in [0.1, 0.15) is 25.7 Å². The molecule has 3 N–H and O–H groups in total. The van der Waals surface area contributed by atoms with Crippen molar-refractivity contribution in [2.45, 2.75) is 37.8 Å². The summed E-state index contributed by atoms with van der Waals surface area (Å²) in [5.41, 5.74) is 0. The molecule has 6 heteroatoms. The maximum absolute atomic E-state index is 12.0. The van der Waals surface area contributed by atoms with Crippen LogP contribution in [0, 0.1) is 5.92 Å². The highest BCUT2D eigenvalue weighted by Gasteiger charge is 2.38. The SMILES string of the molecule is CN(C(=O)NC(C(=O)O)C1CC1)C1CCNCC1. The Labute approximate surface area is 107 Å². The second kappa shape index (κ2) is 5.56. The molecule has 1 aliphatic carbocycles. The summed E-state index contributed by atoms with van der Waals surface area (Å²) in [6.45, 7) is 1.82. The van der Waals surface area contributed by atoms with Gasteiger partial charge in [-0.3, -0.25) is 0 Å². The number of aliphatic carboxylic acids is 1. The van der Waals surface area contributed by atoms with Crippen molar-refractivity contribution in [3.8, 4) is 0 Å². The number of piperidine rings is 1. The maximum Gasteiger partial charge on any atom is 0.326 e. The summed E-state index contributed by atoms with van der Waals surface area (Å²) in [5, 5.41) is 15.0. The van der Waals surface area contributed by atoms with E-state index in [4.69, 9.17) is 5.11 Å². The van der Waals surface area contributed by atoms with Gasteiger partial charge in [0.05, 0.1) is 0 Å². The fourth-order valence-electron chi connectivity index (χ4n) is 2.41. The molecule has 2 amide bonds. The van der Waals surface area contributed by atoms with Crippen LogP contribution in [-0.4, -0.2) is 54.2 Å². The highest BCUT2D eigenvalue weighted by Crippen LogP contribution is 2.32. The predicted molar refractivity (Wildman–Crippen MR) is 66.3 cm³/mol. The van der Waals surface area contributed by atoms with Gasteiger partial charge in [0.1, 0.15) is 6.04 Å². The number of hydrogen-bond donors (Lipinski definition) is 3. The lowest BCUT2D eigenvalue weighted by atomic mass is 10.1. The largest absolute Gasteiger partial charge is 0.480 e. The molecular weight excluding hydrogens is 234 g/mol. The summed E-state index contributed by atoms with van der Waals surface area (Å²) in [5.74, 6) is -0.808. The van der Waals surface area contributed by atoms with Gasteiger partial charge in [0.25, 0.3) is 0 Å². The van der Waals surface area contributed by atoms with Gasteiger partial charge >= 0.3 is 12.0 Å². The van der Waals surface area contributed by atoms with Crippen molar-refractivity contribution in [3.05, 3.63) is 0 Å². The molecule has 1 saturated carbocycles. The van der Waals surface area contributed by atoms with Crippen LogP contribution in [0.2, 0.25) is 0 Å². The molecule has 1 unspecified atom stereocenters. The van der Waals surface area contributed by atoms with E-state index in [0.717, 1.165) is 38.8 Å². The van der Waals surface area contributed by atoms with E-state index in [0.29, 0.717) is 0 Å². The minimum atomic E-state index is -0.926. The summed E-state index contributed by atoms with van der Waals surface area (Å²) < 4.78 is 0. The topological polar surface area (TPSA) is 81.7 Å². The summed E-state index contributed by atoms with van der Waals surface area (Å²) >= 11 is 0. The molecule has 2 rings (SSSR count). The van der Waals surface area contributed by atoms with Crippen molar-refractivity contribution in [3.63, 3.8) is 0 Å². The van der Waals surface area contributed by atoms with Gasteiger partial charge in [-0.2, -0.15) is 0 Å². The first-order chi connectivity index (χ1) is 8.59. The molecule has 0 aromatic heterocycles. The third kappa shape index (κ3) is 3.13. The number of carbonyl (C=O) groups excluding carboxylic acids is 1. The van der Waals surface area contributed by atoms with Crippen LogP contribution in [-0.2, 0) is 4.79 Å². The van der Waals surface area contributed by atoms with Gasteiger partial charge < -0.3 is 20.6 Å². The molecule has 0 bridgehead atoms. The average molecular weight is 255 g/mol. The standard InChI is InChI=1S/C12H21N3O3/c1-15(9-4-6-13-7-5-9)12(18)14-10(11(16)17)8-2-3-8/h8-10,13H,2-7H2,1H3,(H,14,18)(H,16,17). The Morgan fingerprint density at radius 3 is 2.39 bits per heavy atom. The molecule has 1 aliphatic heterocycles. The number of carbonyl (C=O) groups is 2. The zero-order chi connectivity index (χ0) is 13.1. The van der Waals surface area contributed by atoms with E-state index in [1.807, 2.05) is 0 Å². The van der Waals surface area contributed by atoms with E-state index < -0.39 is 12.0 Å². The monoisotopic (exact) mass is 255 g/mol. The molecule has 1 atom stereocenters. The first kappa shape index (κ1) is 13.1. The van der Waals surface area contributed by atoms with Crippen molar-refractivity contribution in [2.75, 3.05) is 20.1 Å². The Balaban J connectivity index is 1.87. The van der Waals surface area contributed by atoms with Crippen LogP contribution in [0.5, 0.6) is 0 Å². The molecule has 6 nitrogen and oxygen atoms in total. The number of nitrogens with zero attached hydrogens (tertiary/aromatic N) is 1. The van der Waals surface area contributed by atoms with Gasteiger partial charge in [0, 0.05) is 13.1 Å². The van der Waals surface area contributed by atoms with E-state index in [9.17, 15) is 9.59 Å². The van der Waals surface area contributed by atoms with Crippen molar-refractivity contribution >= 4 is 12.0 Å². The molecule has 0 aromatic carbocycles. The van der Waals surface area contributed by atoms with E-state index in [-0.39, 0.29) is 18.0 Å². The Hall–Kier alpha value is -1.30. The van der Waals surface area contributed by atoms with Crippen LogP contribution in [0.4, 0.5) is 4.79 Å². The molecule has 0 radical (unpaired) electrons. The zero-order valence-corrected chi connectivity index (χ0v) is 10.7. The van der Waals surface area contributed by atoms with Crippen molar-refractivity contribution in [1.82, 2.24) is 15.5 Å². The number of carboxylic acid groups (broad SMARTS) is 1. The summed E-state index contributed by atoms with van der Waals surface area (Å²) in [4.78, 5) is 24.7. The lowest BCUT2D eigenvalue weighted by molar-refractivity contribution is -0.139. The molecule has 1 saturated heterocycles. The zero-order valence-electron chi connectivity index (χ0n) is 10.7. The molecular formula is C12H21N3O3. The normalized spacial score (nSPS) is 22.3. The number of amides is 2. The summed E-state index contributed by atoms with van der Waals surface area (Å²) in [7, 11) is 1.75. The number of nitrogens with one attached hydrogen (secondary N) is 2. The lowest BCUT2D eigenvalue weighted by Gasteiger charge is -2.32. The number of hydrogen-bond acceptors (Lipinski definition) is 3. The Morgan fingerprint density at radius 2 is 1.89 bits per heavy atom. The van der Waals surface area contributed by atoms with Gasteiger partial charge in [-0.15, -0.1) is 0 Å². The lowest BCUT2D eigenvalue weighted by Crippen LogP contribution is -2.52. The minimum absolute atomic E-state index is 0.118. The second-order valence-electron chi connectivity index (χ2n) is 5.19. The van der Waals surface area contributed by atoms with Gasteiger partial charge in [-0.25, -0.2) is 9.59 Å². The minimum Gasteiger partial charge on any atom is -0.480 e. The van der Waals surface area contributed by atoms with Crippen molar-refractivity contribution < 1.29 is 14.7 Å². The third-order valence-corrected chi connectivity index (χ3v) is 3.82. The van der Waals surface area contributed by atoms with Gasteiger partial charge in [-0.1, -0.05) is 0 Å². The Kier molecular flexibility index (Phi) is 4.06. The molecule has 2 fully saturated rings. The van der Waals surface area contributed by atoms with Crippen molar-refractivity contribution in [1.29, 1.82) is 0 Å². The maximum atomic E-state index is 12.0. The van der Waals surface area contributed by atoms with Crippen LogP contribution in [0.25, 0.3) is 0 Å². The molecule has 102 valence electrons. The fourth-order valence-corrected chi connectivity index (χ4v) is 2.41. The second-order valence-corrected chi connectivity index (χ2v) is 5.19. The average Bonchev–Trinajstić information content (AvgIpc) is 3.19. The van der Waals surface area contributed by atoms with Gasteiger partial charge in [0.2, 0.25) is 0 Å². The van der Waals surface area contributed by atoms with Crippen LogP contribution in [0.15, 0.2) is 0 Å². The number of urea groups is 1. The molecule has 0 spiro atoms. The molecule has 2 aliphatic rings. The molecule has 0 aromatic rings. The Bertz CT molecular complexity index is 325. The molecule has 1 heterocycles. The smallest absolute Gasteiger partial charge is 0.326 e. The third-order valence-electron chi connectivity index (χ3n) is 3.82. The van der Waals surface area contributed by atoms with E-state index in [2.05, 4.69) is 10.6 Å². The first-order valence-electron chi connectivity index (χ1n) is 6.56. The Morgan fingerprint density at radius 1 is 1.28 bits per heavy atom. The predicted octanol–water partition coefficient (Wildman–Crippen LogP) is 0.243. The summed E-state index contributed by atoms with van der Waals surface area (Å²) in [6, 6.07) is -0.775. The van der Waals surface area contributed by atoms with Crippen LogP contribution < -0.4 is 10.6 Å². The van der Waals surface area contributed by atoms with Gasteiger partial charge in [-0.05, 0) is 44.7 Å². The first-order valence-corrected chi connectivity index (χ1v) is 6.56. The van der Waals surface area contributed by atoms with Crippen LogP contribution in [0.3, 0.4) is 0 Å². The van der Waals surface area contributed by atoms with E-state index in [1.54, 1.807) is 11.9 Å². The van der Waals surface area contributed by atoms with Crippen molar-refractivity contribution in [2.24, 2.45) is 5.92 Å². The highest BCUT2D eigenvalue weighted by atomic mass is 16.4. The van der Waals surface area contributed by atoms with Gasteiger partial charge in [0.15, 0.2) is 0 Å².